The molecule has 0 N–H and O–H groups in total. The molecule has 0 saturated heterocycles. The van der Waals surface area contributed by atoms with Crippen LogP contribution in [-0.2, 0) is 42.7 Å². The summed E-state index contributed by atoms with van der Waals surface area (Å²) in [6.07, 6.45) is 5.69. The topological polar surface area (TPSA) is 35.9 Å². The number of para-hydroxylation sites is 2. The Bertz CT molecular complexity index is 4260. The van der Waals surface area contributed by atoms with Crippen molar-refractivity contribution in [2.45, 2.75) is 118 Å². The molecule has 3 heterocycles. The van der Waals surface area contributed by atoms with E-state index in [4.69, 9.17) is 17.9 Å². The standard InChI is InChI=1S/C72H70N4O.Pt/c1-46-21-17-22-47(2)67(46)49-31-34-63-65(40-49)74(55-25-19-26-56(43-55)77-57-32-33-61-60-27-15-16-30-62(60)76(64(61)44-57)66-42-52(35-36-73-66)70(6,7)8)45-75(63)68-58(48-23-18-24-51(37-48)69(3,4)5)28-20-29-59(68)50-38-53(71(9,10)11)41-54(39-50)72(12,13)14;/h15-42H,1-14H3;/q-2;/i1D3,2D3;. The van der Waals surface area contributed by atoms with Crippen molar-refractivity contribution in [1.29, 1.82) is 0 Å². The SMILES string of the molecule is [2H]C([2H])([2H])c1cccc(C([2H])([2H])[2H])c1-c1ccc2c(c1)n(-c1[c-]c(Oc3[c-]c4c(cc3)c3ccccc3n4-c3cc(C(C)(C)C)ccn3)ccc1)[c-][n+]2-c1c(-c2cccc(C(C)(C)C)c2)cccc1-c1cc(C(C)(C)C)cc(C(C)(C)C)c1.[Pt]. The summed E-state index contributed by atoms with van der Waals surface area (Å²) in [6, 6.07) is 61.7. The van der Waals surface area contributed by atoms with Gasteiger partial charge < -0.3 is 13.9 Å². The summed E-state index contributed by atoms with van der Waals surface area (Å²) in [5.41, 5.74) is 13.3. The van der Waals surface area contributed by atoms with Crippen molar-refractivity contribution in [3.63, 3.8) is 0 Å². The number of nitrogens with zero attached hydrogens (tertiary/aromatic N) is 4. The van der Waals surface area contributed by atoms with Crippen LogP contribution in [0.25, 0.3) is 83.4 Å². The molecule has 396 valence electrons. The third-order valence-electron chi connectivity index (χ3n) is 14.9. The number of aryl methyl sites for hydroxylation is 2. The molecule has 0 aliphatic carbocycles. The van der Waals surface area contributed by atoms with Gasteiger partial charge in [0.15, 0.2) is 0 Å². The number of benzene rings is 8. The maximum Gasteiger partial charge on any atom is 0.268 e. The number of rotatable bonds is 8. The molecule has 0 radical (unpaired) electrons. The van der Waals surface area contributed by atoms with Gasteiger partial charge in [0.2, 0.25) is 0 Å². The van der Waals surface area contributed by atoms with Crippen LogP contribution in [0.1, 0.15) is 125 Å². The first kappa shape index (κ1) is 46.7. The van der Waals surface area contributed by atoms with Crippen LogP contribution in [0.2, 0.25) is 0 Å². The van der Waals surface area contributed by atoms with E-state index in [1.165, 1.54) is 34.9 Å². The van der Waals surface area contributed by atoms with Crippen LogP contribution in [0.5, 0.6) is 11.5 Å². The molecule has 3 aromatic heterocycles. The van der Waals surface area contributed by atoms with Gasteiger partial charge in [-0.25, -0.2) is 4.98 Å². The van der Waals surface area contributed by atoms with E-state index in [1.54, 1.807) is 0 Å². The van der Waals surface area contributed by atoms with E-state index in [2.05, 4.69) is 202 Å². The van der Waals surface area contributed by atoms with Gasteiger partial charge in [-0.3, -0.25) is 4.57 Å². The average Bonchev–Trinajstić information content (AvgIpc) is 2.12. The summed E-state index contributed by atoms with van der Waals surface area (Å²) in [6.45, 7) is 21.5. The van der Waals surface area contributed by atoms with E-state index in [-0.39, 0.29) is 59.4 Å². The molecule has 0 saturated carbocycles. The molecule has 0 spiro atoms. The van der Waals surface area contributed by atoms with Gasteiger partial charge in [-0.15, -0.1) is 29.7 Å². The maximum atomic E-state index is 8.67. The first-order chi connectivity index (χ1) is 38.9. The Morgan fingerprint density at radius 2 is 1.12 bits per heavy atom. The van der Waals surface area contributed by atoms with Gasteiger partial charge in [-0.2, -0.15) is 18.2 Å². The predicted molar refractivity (Wildman–Crippen MR) is 321 cm³/mol. The van der Waals surface area contributed by atoms with E-state index >= 15 is 0 Å². The molecule has 6 heteroatoms. The zero-order chi connectivity index (χ0) is 59.3. The van der Waals surface area contributed by atoms with Crippen molar-refractivity contribution in [2.75, 3.05) is 0 Å². The van der Waals surface area contributed by atoms with E-state index in [0.29, 0.717) is 28.3 Å². The molecule has 0 aliphatic heterocycles. The Labute approximate surface area is 485 Å². The fourth-order valence-electron chi connectivity index (χ4n) is 10.4. The van der Waals surface area contributed by atoms with Crippen LogP contribution in [0, 0.1) is 32.2 Å². The third-order valence-corrected chi connectivity index (χ3v) is 14.9. The monoisotopic (exact) mass is 1210 g/mol. The molecule has 0 aliphatic rings. The van der Waals surface area contributed by atoms with Gasteiger partial charge >= 0.3 is 0 Å². The first-order valence-corrected chi connectivity index (χ1v) is 26.6. The third kappa shape index (κ3) is 10.2. The molecule has 8 aromatic carbocycles. The summed E-state index contributed by atoms with van der Waals surface area (Å²) in [4.78, 5) is 4.88. The maximum absolute atomic E-state index is 8.67. The number of ether oxygens (including phenoxy) is 1. The summed E-state index contributed by atoms with van der Waals surface area (Å²) in [5, 5.41) is 2.08. The molecule has 0 atom stereocenters. The molecule has 78 heavy (non-hydrogen) atoms. The Balaban J connectivity index is 0.00000786. The first-order valence-electron chi connectivity index (χ1n) is 29.6. The van der Waals surface area contributed by atoms with Gasteiger partial charge in [0, 0.05) is 52.5 Å². The van der Waals surface area contributed by atoms with Crippen LogP contribution >= 0.6 is 0 Å². The molecular weight excluding hydrogens is 1130 g/mol. The number of hydrogen-bond donors (Lipinski definition) is 0. The number of pyridine rings is 1. The summed E-state index contributed by atoms with van der Waals surface area (Å²) < 4.78 is 65.0. The van der Waals surface area contributed by atoms with E-state index in [9.17, 15) is 0 Å². The number of fused-ring (bicyclic) bond motifs is 4. The van der Waals surface area contributed by atoms with Crippen molar-refractivity contribution < 1.29 is 38.6 Å². The zero-order valence-corrected chi connectivity index (χ0v) is 49.0. The normalized spacial score (nSPS) is 13.8. The van der Waals surface area contributed by atoms with E-state index < -0.39 is 13.7 Å². The van der Waals surface area contributed by atoms with Crippen molar-refractivity contribution >= 4 is 32.8 Å². The van der Waals surface area contributed by atoms with E-state index in [1.807, 2.05) is 65.4 Å². The van der Waals surface area contributed by atoms with Crippen LogP contribution in [0.4, 0.5) is 0 Å². The Hall–Kier alpha value is -7.33. The van der Waals surface area contributed by atoms with Crippen LogP contribution < -0.4 is 9.30 Å². The summed E-state index contributed by atoms with van der Waals surface area (Å²) in [5.74, 6) is 1.67. The van der Waals surface area contributed by atoms with Gasteiger partial charge in [-0.05, 0) is 137 Å². The van der Waals surface area contributed by atoms with Crippen LogP contribution in [0.3, 0.4) is 0 Å². The molecule has 5 nitrogen and oxygen atoms in total. The second kappa shape index (κ2) is 20.2. The van der Waals surface area contributed by atoms with Crippen molar-refractivity contribution in [3.8, 4) is 62.1 Å². The van der Waals surface area contributed by atoms with Gasteiger partial charge in [0.1, 0.15) is 5.82 Å². The summed E-state index contributed by atoms with van der Waals surface area (Å²) in [7, 11) is 0. The number of hydrogen-bond acceptors (Lipinski definition) is 2. The second-order valence-electron chi connectivity index (χ2n) is 24.6. The molecule has 0 amide bonds. The molecule has 0 unspecified atom stereocenters. The molecule has 0 bridgehead atoms. The largest absolute Gasteiger partial charge is 0.510 e. The molecular formula is C72H70N4OPt-2. The Morgan fingerprint density at radius 1 is 0.500 bits per heavy atom. The number of aromatic nitrogens is 4. The van der Waals surface area contributed by atoms with Gasteiger partial charge in [0.25, 0.3) is 6.33 Å². The molecule has 11 aromatic rings. The van der Waals surface area contributed by atoms with Crippen molar-refractivity contribution in [3.05, 3.63) is 222 Å². The second-order valence-corrected chi connectivity index (χ2v) is 24.6. The fourth-order valence-corrected chi connectivity index (χ4v) is 10.4. The zero-order valence-electron chi connectivity index (χ0n) is 52.7. The van der Waals surface area contributed by atoms with E-state index in [0.717, 1.165) is 66.6 Å². The molecule has 0 fully saturated rings. The average molecular weight is 1210 g/mol. The Morgan fingerprint density at radius 3 is 1.81 bits per heavy atom. The van der Waals surface area contributed by atoms with Crippen LogP contribution in [-0.4, -0.2) is 14.1 Å². The minimum absolute atomic E-state index is 0. The predicted octanol–water partition coefficient (Wildman–Crippen LogP) is 18.4. The summed E-state index contributed by atoms with van der Waals surface area (Å²) >= 11 is 0. The smallest absolute Gasteiger partial charge is 0.268 e. The Kier molecular flexibility index (Phi) is 12.1. The van der Waals surface area contributed by atoms with Crippen molar-refractivity contribution in [1.82, 2.24) is 14.1 Å². The van der Waals surface area contributed by atoms with Gasteiger partial charge in [-0.1, -0.05) is 198 Å². The minimum Gasteiger partial charge on any atom is -0.510 e. The number of imidazole rings is 1. The van der Waals surface area contributed by atoms with Crippen LogP contribution in [0.15, 0.2) is 170 Å². The minimum atomic E-state index is -2.62. The van der Waals surface area contributed by atoms with Crippen molar-refractivity contribution in [2.24, 2.45) is 0 Å². The fraction of sp³-hybridized carbons (Fsp3) is 0.250. The quantitative estimate of drug-likeness (QED) is 0.112. The van der Waals surface area contributed by atoms with Gasteiger partial charge in [0.05, 0.1) is 16.7 Å². The molecule has 11 rings (SSSR count).